The number of nitrogens with one attached hydrogen (secondary N) is 2. The first-order chi connectivity index (χ1) is 9.88. The SMILES string of the molecule is Cc1ncc(CN(CCO)Cc2cc(C(C)(C)C)n[nH]2)[nH]1. The molecule has 0 unspecified atom stereocenters. The topological polar surface area (TPSA) is 80.8 Å². The number of aliphatic hydroxyl groups is 1. The maximum atomic E-state index is 9.24. The molecule has 0 aromatic carbocycles. The lowest BCUT2D eigenvalue weighted by molar-refractivity contribution is 0.181. The molecule has 2 heterocycles. The minimum absolute atomic E-state index is 0.0387. The van der Waals surface area contributed by atoms with E-state index in [0.717, 1.165) is 36.0 Å². The van der Waals surface area contributed by atoms with Crippen LogP contribution in [0.1, 0.15) is 43.7 Å². The lowest BCUT2D eigenvalue weighted by Gasteiger charge is -2.19. The van der Waals surface area contributed by atoms with Gasteiger partial charge in [0.2, 0.25) is 0 Å². The Hall–Kier alpha value is -1.66. The van der Waals surface area contributed by atoms with E-state index in [0.29, 0.717) is 6.54 Å². The highest BCUT2D eigenvalue weighted by Gasteiger charge is 2.18. The smallest absolute Gasteiger partial charge is 0.103 e. The van der Waals surface area contributed by atoms with Crippen molar-refractivity contribution in [2.24, 2.45) is 0 Å². The Kier molecular flexibility index (Phi) is 4.80. The molecule has 3 N–H and O–H groups in total. The molecule has 0 aliphatic rings. The maximum Gasteiger partial charge on any atom is 0.103 e. The summed E-state index contributed by atoms with van der Waals surface area (Å²) in [5, 5.41) is 16.7. The molecule has 0 radical (unpaired) electrons. The highest BCUT2D eigenvalue weighted by Crippen LogP contribution is 2.20. The van der Waals surface area contributed by atoms with Gasteiger partial charge in [0.1, 0.15) is 5.82 Å². The largest absolute Gasteiger partial charge is 0.395 e. The van der Waals surface area contributed by atoms with Crippen LogP contribution in [0.5, 0.6) is 0 Å². The lowest BCUT2D eigenvalue weighted by atomic mass is 9.92. The van der Waals surface area contributed by atoms with Gasteiger partial charge < -0.3 is 10.1 Å². The molecule has 2 aromatic heterocycles. The minimum atomic E-state index is 0.0387. The van der Waals surface area contributed by atoms with E-state index < -0.39 is 0 Å². The van der Waals surface area contributed by atoms with E-state index in [-0.39, 0.29) is 12.0 Å². The van der Waals surface area contributed by atoms with Gasteiger partial charge in [0.25, 0.3) is 0 Å². The van der Waals surface area contributed by atoms with Crippen LogP contribution in [0.2, 0.25) is 0 Å². The monoisotopic (exact) mass is 291 g/mol. The van der Waals surface area contributed by atoms with Crippen LogP contribution in [0.15, 0.2) is 12.3 Å². The van der Waals surface area contributed by atoms with Gasteiger partial charge in [-0.15, -0.1) is 0 Å². The van der Waals surface area contributed by atoms with Crippen molar-refractivity contribution < 1.29 is 5.11 Å². The van der Waals surface area contributed by atoms with Gasteiger partial charge in [0.05, 0.1) is 12.3 Å². The highest BCUT2D eigenvalue weighted by atomic mass is 16.3. The molecule has 0 bridgehead atoms. The summed E-state index contributed by atoms with van der Waals surface area (Å²) < 4.78 is 0. The van der Waals surface area contributed by atoms with E-state index >= 15 is 0 Å². The van der Waals surface area contributed by atoms with Crippen LogP contribution in [0.4, 0.5) is 0 Å². The normalized spacial score (nSPS) is 12.3. The van der Waals surface area contributed by atoms with E-state index in [1.165, 1.54) is 0 Å². The molecule has 0 spiro atoms. The summed E-state index contributed by atoms with van der Waals surface area (Å²) in [6, 6.07) is 2.10. The second-order valence-electron chi connectivity index (χ2n) is 6.46. The van der Waals surface area contributed by atoms with Crippen LogP contribution in [0, 0.1) is 6.92 Å². The lowest BCUT2D eigenvalue weighted by Crippen LogP contribution is -2.26. The van der Waals surface area contributed by atoms with Crippen LogP contribution in [0.3, 0.4) is 0 Å². The number of aliphatic hydroxyl groups excluding tert-OH is 1. The molecule has 2 aromatic rings. The van der Waals surface area contributed by atoms with Crippen LogP contribution in [-0.2, 0) is 18.5 Å². The fraction of sp³-hybridized carbons (Fsp3) is 0.600. The molecule has 21 heavy (non-hydrogen) atoms. The van der Waals surface area contributed by atoms with Gasteiger partial charge in [0.15, 0.2) is 0 Å². The molecule has 0 fully saturated rings. The molecule has 6 nitrogen and oxygen atoms in total. The molecule has 0 aliphatic carbocycles. The zero-order valence-corrected chi connectivity index (χ0v) is 13.3. The molecule has 0 saturated carbocycles. The Morgan fingerprint density at radius 1 is 1.24 bits per heavy atom. The maximum absolute atomic E-state index is 9.24. The van der Waals surface area contributed by atoms with Crippen LogP contribution < -0.4 is 0 Å². The van der Waals surface area contributed by atoms with Gasteiger partial charge in [-0.05, 0) is 13.0 Å². The average Bonchev–Trinajstić information content (AvgIpc) is 2.98. The summed E-state index contributed by atoms with van der Waals surface area (Å²) in [6.07, 6.45) is 1.84. The number of aromatic amines is 2. The van der Waals surface area contributed by atoms with E-state index in [1.54, 1.807) is 0 Å². The van der Waals surface area contributed by atoms with Gasteiger partial charge >= 0.3 is 0 Å². The molecule has 0 atom stereocenters. The Morgan fingerprint density at radius 3 is 2.48 bits per heavy atom. The van der Waals surface area contributed by atoms with E-state index in [4.69, 9.17) is 0 Å². The molecule has 116 valence electrons. The number of hydrogen-bond donors (Lipinski definition) is 3. The predicted molar refractivity (Wildman–Crippen MR) is 81.8 cm³/mol. The first-order valence-electron chi connectivity index (χ1n) is 7.27. The van der Waals surface area contributed by atoms with Crippen molar-refractivity contribution in [3.63, 3.8) is 0 Å². The summed E-state index contributed by atoms with van der Waals surface area (Å²) in [4.78, 5) is 9.59. The van der Waals surface area contributed by atoms with Gasteiger partial charge in [0, 0.05) is 42.6 Å². The van der Waals surface area contributed by atoms with Crippen LogP contribution >= 0.6 is 0 Å². The number of aromatic nitrogens is 4. The second kappa shape index (κ2) is 6.41. The van der Waals surface area contributed by atoms with Crippen LogP contribution in [0.25, 0.3) is 0 Å². The quantitative estimate of drug-likeness (QED) is 0.757. The van der Waals surface area contributed by atoms with E-state index in [1.807, 2.05) is 13.1 Å². The standard InChI is InChI=1S/C15H25N5O/c1-11-16-8-13(17-11)10-20(5-6-21)9-12-7-14(19-18-12)15(2,3)4/h7-8,21H,5-6,9-10H2,1-4H3,(H,16,17)(H,18,19). The Labute approximate surface area is 125 Å². The van der Waals surface area contributed by atoms with E-state index in [2.05, 4.69) is 51.9 Å². The molecule has 0 amide bonds. The van der Waals surface area contributed by atoms with Gasteiger partial charge in [-0.25, -0.2) is 4.98 Å². The number of H-pyrrole nitrogens is 2. The number of rotatable bonds is 6. The molecule has 6 heteroatoms. The third-order valence-electron chi connectivity index (χ3n) is 3.36. The van der Waals surface area contributed by atoms with Gasteiger partial charge in [-0.1, -0.05) is 20.8 Å². The van der Waals surface area contributed by atoms with E-state index in [9.17, 15) is 5.11 Å². The van der Waals surface area contributed by atoms with Crippen LogP contribution in [-0.4, -0.2) is 43.3 Å². The Bertz CT molecular complexity index is 567. The fourth-order valence-electron chi connectivity index (χ4n) is 2.22. The van der Waals surface area contributed by atoms with Crippen molar-refractivity contribution in [1.82, 2.24) is 25.1 Å². The summed E-state index contributed by atoms with van der Waals surface area (Å²) in [7, 11) is 0. The molecular weight excluding hydrogens is 266 g/mol. The first kappa shape index (κ1) is 15.7. The molecule has 0 saturated heterocycles. The molecular formula is C15H25N5O. The number of nitrogens with zero attached hydrogens (tertiary/aromatic N) is 3. The zero-order chi connectivity index (χ0) is 15.5. The average molecular weight is 291 g/mol. The summed E-state index contributed by atoms with van der Waals surface area (Å²) in [6.45, 7) is 10.6. The number of aryl methyl sites for hydroxylation is 1. The van der Waals surface area contributed by atoms with Crippen molar-refractivity contribution in [2.45, 2.75) is 46.2 Å². The molecule has 2 rings (SSSR count). The Balaban J connectivity index is 2.03. The van der Waals surface area contributed by atoms with Crippen molar-refractivity contribution in [3.8, 4) is 0 Å². The third-order valence-corrected chi connectivity index (χ3v) is 3.36. The first-order valence-corrected chi connectivity index (χ1v) is 7.27. The summed E-state index contributed by atoms with van der Waals surface area (Å²) >= 11 is 0. The minimum Gasteiger partial charge on any atom is -0.395 e. The fourth-order valence-corrected chi connectivity index (χ4v) is 2.22. The summed E-state index contributed by atoms with van der Waals surface area (Å²) in [5.41, 5.74) is 3.21. The van der Waals surface area contributed by atoms with Gasteiger partial charge in [-0.3, -0.25) is 10.00 Å². The van der Waals surface area contributed by atoms with Crippen molar-refractivity contribution in [2.75, 3.05) is 13.2 Å². The number of hydrogen-bond acceptors (Lipinski definition) is 4. The second-order valence-corrected chi connectivity index (χ2v) is 6.46. The molecule has 0 aliphatic heterocycles. The zero-order valence-electron chi connectivity index (χ0n) is 13.3. The van der Waals surface area contributed by atoms with Crippen molar-refractivity contribution >= 4 is 0 Å². The predicted octanol–water partition coefficient (Wildman–Crippen LogP) is 1.73. The Morgan fingerprint density at radius 2 is 1.95 bits per heavy atom. The van der Waals surface area contributed by atoms with Crippen molar-refractivity contribution in [3.05, 3.63) is 35.2 Å². The number of imidazole rings is 1. The third kappa shape index (κ3) is 4.41. The summed E-state index contributed by atoms with van der Waals surface area (Å²) in [5.74, 6) is 0.908. The van der Waals surface area contributed by atoms with Crippen molar-refractivity contribution in [1.29, 1.82) is 0 Å². The highest BCUT2D eigenvalue weighted by molar-refractivity contribution is 5.16. The van der Waals surface area contributed by atoms with Gasteiger partial charge in [-0.2, -0.15) is 5.10 Å².